The Morgan fingerprint density at radius 2 is 1.52 bits per heavy atom. The van der Waals surface area contributed by atoms with Gasteiger partial charge in [-0.1, -0.05) is 18.2 Å². The molecule has 1 aliphatic heterocycles. The third-order valence-corrected chi connectivity index (χ3v) is 3.52. The summed E-state index contributed by atoms with van der Waals surface area (Å²) in [5, 5.41) is 0. The van der Waals surface area contributed by atoms with Crippen molar-refractivity contribution in [3.63, 3.8) is 0 Å². The summed E-state index contributed by atoms with van der Waals surface area (Å²) < 4.78 is 23.9. The average molecular weight is 287 g/mol. The molecular formula is C17H18FNO2. The van der Waals surface area contributed by atoms with Crippen molar-refractivity contribution in [2.75, 3.05) is 13.2 Å². The number of hydrogen-bond donors (Lipinski definition) is 1. The summed E-state index contributed by atoms with van der Waals surface area (Å²) in [6.07, 6.45) is 1.46. The molecule has 0 aromatic heterocycles. The second kappa shape index (κ2) is 6.14. The van der Waals surface area contributed by atoms with Crippen LogP contribution in [0.15, 0.2) is 42.5 Å². The van der Waals surface area contributed by atoms with Crippen LogP contribution in [0.25, 0.3) is 0 Å². The van der Waals surface area contributed by atoms with E-state index < -0.39 is 0 Å². The van der Waals surface area contributed by atoms with Crippen molar-refractivity contribution in [1.82, 2.24) is 0 Å². The van der Waals surface area contributed by atoms with Crippen LogP contribution in [-0.2, 0) is 12.8 Å². The molecule has 3 rings (SSSR count). The normalized spacial score (nSPS) is 14.8. The van der Waals surface area contributed by atoms with Crippen LogP contribution >= 0.6 is 0 Å². The molecule has 0 saturated carbocycles. The first kappa shape index (κ1) is 13.9. The van der Waals surface area contributed by atoms with E-state index in [0.29, 0.717) is 19.6 Å². The Hall–Kier alpha value is -2.07. The molecule has 0 amide bonds. The van der Waals surface area contributed by atoms with Crippen molar-refractivity contribution in [2.45, 2.75) is 18.9 Å². The topological polar surface area (TPSA) is 44.5 Å². The fourth-order valence-corrected chi connectivity index (χ4v) is 2.51. The first-order chi connectivity index (χ1) is 10.2. The Balaban J connectivity index is 1.64. The van der Waals surface area contributed by atoms with Gasteiger partial charge in [0.25, 0.3) is 0 Å². The van der Waals surface area contributed by atoms with Crippen molar-refractivity contribution in [3.05, 3.63) is 59.4 Å². The Labute approximate surface area is 123 Å². The minimum Gasteiger partial charge on any atom is -0.486 e. The molecule has 0 saturated heterocycles. The van der Waals surface area contributed by atoms with E-state index in [0.717, 1.165) is 29.0 Å². The molecule has 1 unspecified atom stereocenters. The van der Waals surface area contributed by atoms with Gasteiger partial charge in [0.1, 0.15) is 19.0 Å². The second-order valence-corrected chi connectivity index (χ2v) is 5.27. The standard InChI is InChI=1S/C17H18FNO2/c18-14-4-1-12(2-5-14)9-15(19)10-13-3-6-16-17(11-13)21-8-7-20-16/h1-6,11,15H,7-10,19H2. The predicted molar refractivity (Wildman–Crippen MR) is 79.2 cm³/mol. The Morgan fingerprint density at radius 3 is 2.29 bits per heavy atom. The molecular weight excluding hydrogens is 269 g/mol. The fourth-order valence-electron chi connectivity index (χ4n) is 2.51. The maximum atomic E-state index is 12.9. The third-order valence-electron chi connectivity index (χ3n) is 3.52. The van der Waals surface area contributed by atoms with Gasteiger partial charge in [0.15, 0.2) is 11.5 Å². The number of nitrogens with two attached hydrogens (primary N) is 1. The summed E-state index contributed by atoms with van der Waals surface area (Å²) in [4.78, 5) is 0. The zero-order chi connectivity index (χ0) is 14.7. The van der Waals surface area contributed by atoms with E-state index in [4.69, 9.17) is 15.2 Å². The lowest BCUT2D eigenvalue weighted by Gasteiger charge is -2.19. The van der Waals surface area contributed by atoms with Crippen molar-refractivity contribution in [3.8, 4) is 11.5 Å². The third kappa shape index (κ3) is 3.52. The first-order valence-corrected chi connectivity index (χ1v) is 7.09. The number of benzene rings is 2. The van der Waals surface area contributed by atoms with Gasteiger partial charge >= 0.3 is 0 Å². The van der Waals surface area contributed by atoms with Crippen LogP contribution < -0.4 is 15.2 Å². The second-order valence-electron chi connectivity index (χ2n) is 5.27. The summed E-state index contributed by atoms with van der Waals surface area (Å²) in [6, 6.07) is 12.4. The highest BCUT2D eigenvalue weighted by molar-refractivity contribution is 5.44. The minimum absolute atomic E-state index is 0.0157. The van der Waals surface area contributed by atoms with Crippen LogP contribution in [0.5, 0.6) is 11.5 Å². The molecule has 1 atom stereocenters. The lowest BCUT2D eigenvalue weighted by atomic mass is 9.99. The van der Waals surface area contributed by atoms with E-state index in [1.165, 1.54) is 12.1 Å². The molecule has 110 valence electrons. The van der Waals surface area contributed by atoms with E-state index >= 15 is 0 Å². The molecule has 2 N–H and O–H groups in total. The molecule has 1 aliphatic rings. The Kier molecular flexibility index (Phi) is 4.06. The highest BCUT2D eigenvalue weighted by Gasteiger charge is 2.13. The molecule has 2 aromatic rings. The molecule has 0 aliphatic carbocycles. The van der Waals surface area contributed by atoms with Crippen LogP contribution in [0.4, 0.5) is 4.39 Å². The van der Waals surface area contributed by atoms with Gasteiger partial charge in [0.05, 0.1) is 0 Å². The van der Waals surface area contributed by atoms with Crippen LogP contribution in [0.3, 0.4) is 0 Å². The van der Waals surface area contributed by atoms with Gasteiger partial charge in [-0.25, -0.2) is 4.39 Å². The van der Waals surface area contributed by atoms with Gasteiger partial charge in [0.2, 0.25) is 0 Å². The van der Waals surface area contributed by atoms with Crippen molar-refractivity contribution in [1.29, 1.82) is 0 Å². The highest BCUT2D eigenvalue weighted by atomic mass is 19.1. The average Bonchev–Trinajstić information content (AvgIpc) is 2.49. The molecule has 0 fully saturated rings. The molecule has 0 spiro atoms. The van der Waals surface area contributed by atoms with Crippen LogP contribution in [0.1, 0.15) is 11.1 Å². The molecule has 2 aromatic carbocycles. The maximum absolute atomic E-state index is 12.9. The summed E-state index contributed by atoms with van der Waals surface area (Å²) in [5.74, 6) is 1.35. The van der Waals surface area contributed by atoms with Crippen molar-refractivity contribution < 1.29 is 13.9 Å². The lowest BCUT2D eigenvalue weighted by Crippen LogP contribution is -2.25. The van der Waals surface area contributed by atoms with Crippen molar-refractivity contribution >= 4 is 0 Å². The van der Waals surface area contributed by atoms with Crippen molar-refractivity contribution in [2.24, 2.45) is 5.73 Å². The molecule has 3 nitrogen and oxygen atoms in total. The van der Waals surface area contributed by atoms with Gasteiger partial charge in [-0.05, 0) is 48.2 Å². The molecule has 21 heavy (non-hydrogen) atoms. The molecule has 4 heteroatoms. The summed E-state index contributed by atoms with van der Waals surface area (Å²) in [7, 11) is 0. The van der Waals surface area contributed by atoms with Crippen LogP contribution in [-0.4, -0.2) is 19.3 Å². The number of hydrogen-bond acceptors (Lipinski definition) is 3. The van der Waals surface area contributed by atoms with Crippen LogP contribution in [0, 0.1) is 5.82 Å². The maximum Gasteiger partial charge on any atom is 0.161 e. The zero-order valence-electron chi connectivity index (χ0n) is 11.7. The number of fused-ring (bicyclic) bond motifs is 1. The predicted octanol–water partition coefficient (Wildman–Crippen LogP) is 2.71. The number of halogens is 1. The summed E-state index contributed by atoms with van der Waals surface area (Å²) in [6.45, 7) is 1.18. The fraction of sp³-hybridized carbons (Fsp3) is 0.294. The van der Waals surface area contributed by atoms with Gasteiger partial charge < -0.3 is 15.2 Å². The number of rotatable bonds is 4. The van der Waals surface area contributed by atoms with E-state index in [9.17, 15) is 4.39 Å². The molecule has 1 heterocycles. The van der Waals surface area contributed by atoms with E-state index in [-0.39, 0.29) is 11.9 Å². The van der Waals surface area contributed by atoms with E-state index in [1.807, 2.05) is 18.2 Å². The summed E-state index contributed by atoms with van der Waals surface area (Å²) in [5.41, 5.74) is 8.35. The van der Waals surface area contributed by atoms with Gasteiger partial charge in [-0.3, -0.25) is 0 Å². The van der Waals surface area contributed by atoms with Crippen LogP contribution in [0.2, 0.25) is 0 Å². The minimum atomic E-state index is -0.223. The highest BCUT2D eigenvalue weighted by Crippen LogP contribution is 2.31. The lowest BCUT2D eigenvalue weighted by molar-refractivity contribution is 0.171. The zero-order valence-corrected chi connectivity index (χ0v) is 11.7. The first-order valence-electron chi connectivity index (χ1n) is 7.09. The van der Waals surface area contributed by atoms with Gasteiger partial charge in [-0.2, -0.15) is 0 Å². The summed E-state index contributed by atoms with van der Waals surface area (Å²) >= 11 is 0. The monoisotopic (exact) mass is 287 g/mol. The van der Waals surface area contributed by atoms with E-state index in [2.05, 4.69) is 0 Å². The van der Waals surface area contributed by atoms with E-state index in [1.54, 1.807) is 12.1 Å². The smallest absolute Gasteiger partial charge is 0.161 e. The Bertz CT molecular complexity index is 613. The van der Waals surface area contributed by atoms with Gasteiger partial charge in [0, 0.05) is 6.04 Å². The van der Waals surface area contributed by atoms with Gasteiger partial charge in [-0.15, -0.1) is 0 Å². The SMILES string of the molecule is NC(Cc1ccc(F)cc1)Cc1ccc2c(c1)OCCO2. The molecule has 0 radical (unpaired) electrons. The largest absolute Gasteiger partial charge is 0.486 e. The Morgan fingerprint density at radius 1 is 0.905 bits per heavy atom. The quantitative estimate of drug-likeness (QED) is 0.940. The molecule has 0 bridgehead atoms. The number of ether oxygens (including phenoxy) is 2.